The van der Waals surface area contributed by atoms with Gasteiger partial charge in [0.25, 0.3) is 0 Å². The molecule has 33 heavy (non-hydrogen) atoms. The minimum Gasteiger partial charge on any atom is -0.474 e. The third kappa shape index (κ3) is 9.80. The molecule has 0 atom stereocenters. The Balaban J connectivity index is 2.09. The van der Waals surface area contributed by atoms with Crippen LogP contribution in [0, 0.1) is 6.92 Å². The predicted molar refractivity (Wildman–Crippen MR) is 135 cm³/mol. The number of nitrogens with zero attached hydrogens (tertiary/aromatic N) is 3. The third-order valence-corrected chi connectivity index (χ3v) is 4.66. The highest BCUT2D eigenvalue weighted by Gasteiger charge is 2.10. The van der Waals surface area contributed by atoms with E-state index in [-0.39, 0.29) is 13.2 Å². The molecule has 1 aromatic heterocycles. The molecule has 1 heterocycles. The van der Waals surface area contributed by atoms with Crippen LogP contribution in [0.4, 0.5) is 16.3 Å². The summed E-state index contributed by atoms with van der Waals surface area (Å²) >= 11 is 0. The zero-order chi connectivity index (χ0) is 23.9. The SMILES string of the molecule is CCCNC(=O)OCCOc1cc(N(CCC)CCC)cc(N/N=C/c2cccc(C)c2)n1. The highest BCUT2D eigenvalue weighted by molar-refractivity contribution is 5.80. The van der Waals surface area contributed by atoms with E-state index in [1.165, 1.54) is 5.56 Å². The molecule has 0 bridgehead atoms. The van der Waals surface area contributed by atoms with Gasteiger partial charge in [0.05, 0.1) is 6.21 Å². The second kappa shape index (κ2) is 14.7. The van der Waals surface area contributed by atoms with Crippen molar-refractivity contribution >= 4 is 23.8 Å². The normalized spacial score (nSPS) is 10.8. The van der Waals surface area contributed by atoms with Crippen molar-refractivity contribution in [1.82, 2.24) is 10.3 Å². The fourth-order valence-corrected chi connectivity index (χ4v) is 3.20. The number of pyridine rings is 1. The first-order chi connectivity index (χ1) is 16.0. The van der Waals surface area contributed by atoms with E-state index >= 15 is 0 Å². The summed E-state index contributed by atoms with van der Waals surface area (Å²) in [5, 5.41) is 7.01. The molecule has 0 spiro atoms. The number of aryl methyl sites for hydroxylation is 1. The van der Waals surface area contributed by atoms with E-state index in [2.05, 4.69) is 45.6 Å². The van der Waals surface area contributed by atoms with Crippen LogP contribution in [0.1, 0.15) is 51.2 Å². The molecule has 0 saturated carbocycles. The van der Waals surface area contributed by atoms with Gasteiger partial charge in [0.2, 0.25) is 5.88 Å². The molecule has 0 aliphatic carbocycles. The molecule has 1 aromatic carbocycles. The van der Waals surface area contributed by atoms with Gasteiger partial charge in [-0.3, -0.25) is 5.43 Å². The van der Waals surface area contributed by atoms with Crippen molar-refractivity contribution in [3.8, 4) is 5.88 Å². The minimum atomic E-state index is -0.438. The lowest BCUT2D eigenvalue weighted by atomic mass is 10.2. The van der Waals surface area contributed by atoms with Gasteiger partial charge < -0.3 is 19.7 Å². The summed E-state index contributed by atoms with van der Waals surface area (Å²) in [4.78, 5) is 18.4. The highest BCUT2D eigenvalue weighted by Crippen LogP contribution is 2.24. The average molecular weight is 456 g/mol. The average Bonchev–Trinajstić information content (AvgIpc) is 2.80. The molecule has 2 rings (SSSR count). The molecule has 0 radical (unpaired) electrons. The summed E-state index contributed by atoms with van der Waals surface area (Å²) in [5.74, 6) is 1.04. The number of anilines is 2. The number of nitrogens with one attached hydrogen (secondary N) is 2. The molecule has 180 valence electrons. The van der Waals surface area contributed by atoms with Crippen LogP contribution in [0.25, 0.3) is 0 Å². The first-order valence-electron chi connectivity index (χ1n) is 11.7. The fourth-order valence-electron chi connectivity index (χ4n) is 3.20. The zero-order valence-corrected chi connectivity index (χ0v) is 20.3. The molecule has 0 fully saturated rings. The second-order valence-electron chi connectivity index (χ2n) is 7.73. The van der Waals surface area contributed by atoms with Crippen LogP contribution >= 0.6 is 0 Å². The van der Waals surface area contributed by atoms with Crippen LogP contribution < -0.4 is 20.4 Å². The Labute approximate surface area is 197 Å². The molecule has 0 saturated heterocycles. The largest absolute Gasteiger partial charge is 0.474 e. The Bertz CT molecular complexity index is 882. The Hall–Kier alpha value is -3.29. The molecule has 1 amide bonds. The summed E-state index contributed by atoms with van der Waals surface area (Å²) < 4.78 is 10.9. The van der Waals surface area contributed by atoms with Crippen molar-refractivity contribution in [2.45, 2.75) is 47.0 Å². The van der Waals surface area contributed by atoms with Crippen molar-refractivity contribution in [2.75, 3.05) is 43.2 Å². The maximum Gasteiger partial charge on any atom is 0.407 e. The number of hydrogen-bond donors (Lipinski definition) is 2. The molecular formula is C25H37N5O3. The predicted octanol–water partition coefficient (Wildman–Crippen LogP) is 4.98. The lowest BCUT2D eigenvalue weighted by Crippen LogP contribution is -2.26. The van der Waals surface area contributed by atoms with E-state index in [1.54, 1.807) is 6.21 Å². The molecular weight excluding hydrogens is 418 g/mol. The summed E-state index contributed by atoms with van der Waals surface area (Å²) in [7, 11) is 0. The molecule has 0 unspecified atom stereocenters. The van der Waals surface area contributed by atoms with Gasteiger partial charge in [-0.2, -0.15) is 10.1 Å². The number of aromatic nitrogens is 1. The summed E-state index contributed by atoms with van der Waals surface area (Å²) in [5.41, 5.74) is 6.22. The number of benzene rings is 1. The molecule has 0 aliphatic rings. The molecule has 8 heteroatoms. The standard InChI is InChI=1S/C25H37N5O3/c1-5-11-26-25(31)33-15-14-32-24-18-22(30(12-6-2)13-7-3)17-23(28-24)29-27-19-21-10-8-9-20(4)16-21/h8-10,16-19H,5-7,11-15H2,1-4H3,(H,26,31)(H,28,29)/b27-19+. The number of ether oxygens (including phenoxy) is 2. The smallest absolute Gasteiger partial charge is 0.407 e. The molecule has 8 nitrogen and oxygen atoms in total. The fraction of sp³-hybridized carbons (Fsp3) is 0.480. The van der Waals surface area contributed by atoms with Crippen LogP contribution in [0.15, 0.2) is 41.5 Å². The first-order valence-corrected chi connectivity index (χ1v) is 11.7. The lowest BCUT2D eigenvalue weighted by molar-refractivity contribution is 0.124. The number of carbonyl (C=O) groups excluding carboxylic acids is 1. The summed E-state index contributed by atoms with van der Waals surface area (Å²) in [6, 6.07) is 12.0. The van der Waals surface area contributed by atoms with E-state index in [1.807, 2.05) is 44.2 Å². The second-order valence-corrected chi connectivity index (χ2v) is 7.73. The summed E-state index contributed by atoms with van der Waals surface area (Å²) in [6.07, 6.45) is 4.25. The number of hydrazone groups is 1. The van der Waals surface area contributed by atoms with E-state index in [9.17, 15) is 4.79 Å². The van der Waals surface area contributed by atoms with Gasteiger partial charge in [-0.05, 0) is 31.7 Å². The molecule has 2 aromatic rings. The van der Waals surface area contributed by atoms with Crippen LogP contribution in [-0.2, 0) is 4.74 Å². The van der Waals surface area contributed by atoms with Crippen molar-refractivity contribution in [1.29, 1.82) is 0 Å². The molecule has 0 aliphatic heterocycles. The Morgan fingerprint density at radius 1 is 1.09 bits per heavy atom. The van der Waals surface area contributed by atoms with Gasteiger partial charge in [-0.1, -0.05) is 50.6 Å². The van der Waals surface area contributed by atoms with Gasteiger partial charge >= 0.3 is 6.09 Å². The third-order valence-electron chi connectivity index (χ3n) is 4.66. The lowest BCUT2D eigenvalue weighted by Gasteiger charge is -2.24. The van der Waals surface area contributed by atoms with Crippen LogP contribution in [0.3, 0.4) is 0 Å². The molecule has 2 N–H and O–H groups in total. The number of alkyl carbamates (subject to hydrolysis) is 1. The minimum absolute atomic E-state index is 0.142. The number of amides is 1. The van der Waals surface area contributed by atoms with Crippen LogP contribution in [-0.4, -0.2) is 50.1 Å². The van der Waals surface area contributed by atoms with Gasteiger partial charge in [-0.15, -0.1) is 0 Å². The zero-order valence-electron chi connectivity index (χ0n) is 20.3. The number of rotatable bonds is 14. The van der Waals surface area contributed by atoms with E-state index in [0.717, 1.165) is 43.6 Å². The quantitative estimate of drug-likeness (QED) is 0.237. The maximum absolute atomic E-state index is 11.6. The number of hydrogen-bond acceptors (Lipinski definition) is 7. The summed E-state index contributed by atoms with van der Waals surface area (Å²) in [6.45, 7) is 11.2. The van der Waals surface area contributed by atoms with E-state index < -0.39 is 6.09 Å². The Morgan fingerprint density at radius 2 is 1.88 bits per heavy atom. The number of carbonyl (C=O) groups is 1. The van der Waals surface area contributed by atoms with Crippen molar-refractivity contribution in [2.24, 2.45) is 5.10 Å². The first kappa shape index (κ1) is 26.0. The highest BCUT2D eigenvalue weighted by atomic mass is 16.6. The van der Waals surface area contributed by atoms with Gasteiger partial charge in [0, 0.05) is 37.5 Å². The van der Waals surface area contributed by atoms with Crippen LogP contribution in [0.5, 0.6) is 5.88 Å². The van der Waals surface area contributed by atoms with Gasteiger partial charge in [0.15, 0.2) is 5.82 Å². The Morgan fingerprint density at radius 3 is 2.58 bits per heavy atom. The monoisotopic (exact) mass is 455 g/mol. The Kier molecular flexibility index (Phi) is 11.6. The van der Waals surface area contributed by atoms with Crippen LogP contribution in [0.2, 0.25) is 0 Å². The van der Waals surface area contributed by atoms with Crippen molar-refractivity contribution < 1.29 is 14.3 Å². The van der Waals surface area contributed by atoms with Crippen molar-refractivity contribution in [3.63, 3.8) is 0 Å². The van der Waals surface area contributed by atoms with Crippen molar-refractivity contribution in [3.05, 3.63) is 47.5 Å². The topological polar surface area (TPSA) is 88.1 Å². The van der Waals surface area contributed by atoms with Gasteiger partial charge in [0.1, 0.15) is 13.2 Å². The maximum atomic E-state index is 11.6. The van der Waals surface area contributed by atoms with E-state index in [0.29, 0.717) is 18.2 Å². The van der Waals surface area contributed by atoms with E-state index in [4.69, 9.17) is 9.47 Å². The van der Waals surface area contributed by atoms with Gasteiger partial charge in [-0.25, -0.2) is 4.79 Å².